The minimum atomic E-state index is 0.621. The van der Waals surface area contributed by atoms with E-state index in [1.54, 1.807) is 0 Å². The van der Waals surface area contributed by atoms with Crippen molar-refractivity contribution in [3.8, 4) is 0 Å². The van der Waals surface area contributed by atoms with Gasteiger partial charge in [-0.05, 0) is 37.5 Å². The summed E-state index contributed by atoms with van der Waals surface area (Å²) in [7, 11) is 0. The van der Waals surface area contributed by atoms with E-state index in [-0.39, 0.29) is 0 Å². The highest BCUT2D eigenvalue weighted by Gasteiger charge is 2.44. The summed E-state index contributed by atoms with van der Waals surface area (Å²) in [5.74, 6) is 3.48. The van der Waals surface area contributed by atoms with E-state index in [2.05, 4.69) is 10.3 Å². The van der Waals surface area contributed by atoms with Crippen molar-refractivity contribution < 1.29 is 0 Å². The summed E-state index contributed by atoms with van der Waals surface area (Å²) >= 11 is 0. The molecule has 3 N–H and O–H groups in total. The fourth-order valence-electron chi connectivity index (χ4n) is 2.72. The Morgan fingerprint density at radius 3 is 3.14 bits per heavy atom. The van der Waals surface area contributed by atoms with Gasteiger partial charge in [0, 0.05) is 13.1 Å². The van der Waals surface area contributed by atoms with Gasteiger partial charge in [0.05, 0.1) is 0 Å². The van der Waals surface area contributed by atoms with Crippen LogP contribution < -0.4 is 11.1 Å². The van der Waals surface area contributed by atoms with Crippen LogP contribution in [0.3, 0.4) is 0 Å². The van der Waals surface area contributed by atoms with Crippen molar-refractivity contribution in [1.29, 1.82) is 0 Å². The fraction of sp³-hybridized carbons (Fsp3) is 0.909. The number of nitrogens with two attached hydrogens (primary N) is 1. The highest BCUT2D eigenvalue weighted by molar-refractivity contribution is 5.77. The van der Waals surface area contributed by atoms with Crippen LogP contribution in [0.2, 0.25) is 0 Å². The molecular formula is C11H21N3. The van der Waals surface area contributed by atoms with Crippen LogP contribution in [0.25, 0.3) is 0 Å². The molecule has 0 radical (unpaired) electrons. The van der Waals surface area contributed by atoms with Gasteiger partial charge in [-0.2, -0.15) is 0 Å². The van der Waals surface area contributed by atoms with Gasteiger partial charge in [-0.1, -0.05) is 12.8 Å². The van der Waals surface area contributed by atoms with Crippen LogP contribution in [0.15, 0.2) is 4.99 Å². The molecule has 0 aromatic carbocycles. The molecule has 3 unspecified atom stereocenters. The summed E-state index contributed by atoms with van der Waals surface area (Å²) in [4.78, 5) is 4.40. The fourth-order valence-corrected chi connectivity index (χ4v) is 2.72. The third-order valence-electron chi connectivity index (χ3n) is 3.59. The normalized spacial score (nSPS) is 36.4. The first-order chi connectivity index (χ1) is 6.81. The van der Waals surface area contributed by atoms with Crippen molar-refractivity contribution in [1.82, 2.24) is 5.32 Å². The summed E-state index contributed by atoms with van der Waals surface area (Å²) in [5, 5.41) is 3.04. The van der Waals surface area contributed by atoms with Crippen molar-refractivity contribution in [3.63, 3.8) is 0 Å². The Morgan fingerprint density at radius 1 is 1.50 bits per heavy atom. The van der Waals surface area contributed by atoms with Crippen molar-refractivity contribution in [3.05, 3.63) is 0 Å². The summed E-state index contributed by atoms with van der Waals surface area (Å²) in [5.41, 5.74) is 5.70. The average Bonchev–Trinajstić information content (AvgIpc) is 2.94. The Morgan fingerprint density at radius 2 is 2.36 bits per heavy atom. The van der Waals surface area contributed by atoms with Gasteiger partial charge in [0.2, 0.25) is 0 Å². The highest BCUT2D eigenvalue weighted by Crippen LogP contribution is 2.52. The zero-order valence-electron chi connectivity index (χ0n) is 9.00. The zero-order valence-corrected chi connectivity index (χ0v) is 9.00. The molecule has 3 nitrogen and oxygen atoms in total. The number of aliphatic imine (C=N–C) groups is 1. The van der Waals surface area contributed by atoms with E-state index in [0.717, 1.165) is 30.8 Å². The van der Waals surface area contributed by atoms with Crippen LogP contribution in [0.5, 0.6) is 0 Å². The predicted octanol–water partition coefficient (Wildman–Crippen LogP) is 1.35. The second-order valence-corrected chi connectivity index (χ2v) is 4.61. The summed E-state index contributed by atoms with van der Waals surface area (Å²) < 4.78 is 0. The summed E-state index contributed by atoms with van der Waals surface area (Å²) in [6.07, 6.45) is 5.70. The van der Waals surface area contributed by atoms with E-state index < -0.39 is 0 Å². The Labute approximate surface area is 86.2 Å². The van der Waals surface area contributed by atoms with Crippen molar-refractivity contribution in [2.24, 2.45) is 28.5 Å². The summed E-state index contributed by atoms with van der Waals surface area (Å²) in [6.45, 7) is 3.85. The minimum Gasteiger partial charge on any atom is -0.370 e. The van der Waals surface area contributed by atoms with E-state index in [0.29, 0.717) is 5.96 Å². The van der Waals surface area contributed by atoms with Gasteiger partial charge < -0.3 is 11.1 Å². The SMILES string of the molecule is CCNC(N)=NCC1CCCC2CC12. The van der Waals surface area contributed by atoms with Gasteiger partial charge >= 0.3 is 0 Å². The molecule has 2 saturated carbocycles. The highest BCUT2D eigenvalue weighted by atomic mass is 15.1. The molecule has 2 rings (SSSR count). The lowest BCUT2D eigenvalue weighted by Crippen LogP contribution is -2.32. The number of rotatable bonds is 3. The molecule has 2 aliphatic rings. The third kappa shape index (κ3) is 2.20. The van der Waals surface area contributed by atoms with E-state index in [1.807, 2.05) is 6.92 Å². The lowest BCUT2D eigenvalue weighted by atomic mass is 9.89. The van der Waals surface area contributed by atoms with Gasteiger partial charge in [0.15, 0.2) is 5.96 Å². The molecule has 0 amide bonds. The molecule has 14 heavy (non-hydrogen) atoms. The minimum absolute atomic E-state index is 0.621. The van der Waals surface area contributed by atoms with E-state index in [9.17, 15) is 0 Å². The van der Waals surface area contributed by atoms with Gasteiger partial charge in [0.1, 0.15) is 0 Å². The lowest BCUT2D eigenvalue weighted by Gasteiger charge is -2.19. The number of guanidine groups is 1. The summed E-state index contributed by atoms with van der Waals surface area (Å²) in [6, 6.07) is 0. The molecule has 2 fully saturated rings. The maximum absolute atomic E-state index is 5.70. The monoisotopic (exact) mass is 195 g/mol. The number of hydrogen-bond donors (Lipinski definition) is 2. The molecule has 0 bridgehead atoms. The Hall–Kier alpha value is -0.730. The molecule has 0 aliphatic heterocycles. The largest absolute Gasteiger partial charge is 0.370 e. The van der Waals surface area contributed by atoms with E-state index >= 15 is 0 Å². The van der Waals surface area contributed by atoms with Crippen molar-refractivity contribution in [2.75, 3.05) is 13.1 Å². The first-order valence-corrected chi connectivity index (χ1v) is 5.85. The Bertz CT molecular complexity index is 225. The number of nitrogens with one attached hydrogen (secondary N) is 1. The van der Waals surface area contributed by atoms with E-state index in [1.165, 1.54) is 25.7 Å². The van der Waals surface area contributed by atoms with Gasteiger partial charge in [-0.25, -0.2) is 0 Å². The molecule has 0 aromatic rings. The molecule has 0 aromatic heterocycles. The Balaban J connectivity index is 1.77. The molecular weight excluding hydrogens is 174 g/mol. The van der Waals surface area contributed by atoms with Crippen LogP contribution in [0, 0.1) is 17.8 Å². The van der Waals surface area contributed by atoms with Crippen LogP contribution in [0.1, 0.15) is 32.6 Å². The molecule has 0 spiro atoms. The molecule has 80 valence electrons. The van der Waals surface area contributed by atoms with Gasteiger partial charge in [-0.15, -0.1) is 0 Å². The van der Waals surface area contributed by atoms with E-state index in [4.69, 9.17) is 5.73 Å². The molecule has 0 heterocycles. The number of nitrogens with zero attached hydrogens (tertiary/aromatic N) is 1. The smallest absolute Gasteiger partial charge is 0.188 e. The van der Waals surface area contributed by atoms with Crippen LogP contribution >= 0.6 is 0 Å². The van der Waals surface area contributed by atoms with Gasteiger partial charge in [0.25, 0.3) is 0 Å². The quantitative estimate of drug-likeness (QED) is 0.527. The first-order valence-electron chi connectivity index (χ1n) is 5.85. The molecule has 0 saturated heterocycles. The third-order valence-corrected chi connectivity index (χ3v) is 3.59. The molecule has 3 heteroatoms. The average molecular weight is 195 g/mol. The second kappa shape index (κ2) is 4.20. The van der Waals surface area contributed by atoms with Crippen LogP contribution in [0.4, 0.5) is 0 Å². The first kappa shape index (κ1) is 9.81. The van der Waals surface area contributed by atoms with Crippen molar-refractivity contribution in [2.45, 2.75) is 32.6 Å². The van der Waals surface area contributed by atoms with Crippen LogP contribution in [-0.4, -0.2) is 19.0 Å². The van der Waals surface area contributed by atoms with Crippen LogP contribution in [-0.2, 0) is 0 Å². The maximum atomic E-state index is 5.70. The maximum Gasteiger partial charge on any atom is 0.188 e. The standard InChI is InChI=1S/C11H21N3/c1-2-13-11(12)14-7-9-5-3-4-8-6-10(8)9/h8-10H,2-7H2,1H3,(H3,12,13,14). The Kier molecular flexibility index (Phi) is 2.94. The predicted molar refractivity (Wildman–Crippen MR) is 59.1 cm³/mol. The second-order valence-electron chi connectivity index (χ2n) is 4.61. The lowest BCUT2D eigenvalue weighted by molar-refractivity contribution is 0.344. The molecule has 3 atom stereocenters. The molecule has 2 aliphatic carbocycles. The number of fused-ring (bicyclic) bond motifs is 1. The number of hydrogen-bond acceptors (Lipinski definition) is 1. The zero-order chi connectivity index (χ0) is 9.97. The topological polar surface area (TPSA) is 50.4 Å². The van der Waals surface area contributed by atoms with Crippen molar-refractivity contribution >= 4 is 5.96 Å². The van der Waals surface area contributed by atoms with Gasteiger partial charge in [-0.3, -0.25) is 4.99 Å².